The molecule has 21 heavy (non-hydrogen) atoms. The average Bonchev–Trinajstić information content (AvgIpc) is 2.49. The number of amidine groups is 1. The van der Waals surface area contributed by atoms with Crippen LogP contribution in [0, 0.1) is 11.2 Å². The van der Waals surface area contributed by atoms with Crippen LogP contribution in [-0.2, 0) is 6.61 Å². The Morgan fingerprint density at radius 3 is 2.52 bits per heavy atom. The predicted octanol–water partition coefficient (Wildman–Crippen LogP) is 2.40. The average molecular weight is 290 g/mol. The maximum Gasteiger partial charge on any atom is 0.169 e. The van der Waals surface area contributed by atoms with Crippen molar-refractivity contribution in [1.82, 2.24) is 0 Å². The molecular weight excluding hydrogens is 275 g/mol. The van der Waals surface area contributed by atoms with Crippen molar-refractivity contribution >= 4 is 5.84 Å². The number of aliphatic hydroxyl groups is 1. The summed E-state index contributed by atoms with van der Waals surface area (Å²) >= 11 is 0. The van der Waals surface area contributed by atoms with Crippen molar-refractivity contribution in [1.29, 1.82) is 5.41 Å². The second-order valence-electron chi connectivity index (χ2n) is 4.30. The van der Waals surface area contributed by atoms with Gasteiger partial charge in [-0.3, -0.25) is 5.41 Å². The minimum absolute atomic E-state index is 0.119. The highest BCUT2D eigenvalue weighted by Crippen LogP contribution is 2.34. The van der Waals surface area contributed by atoms with Crippen molar-refractivity contribution in [3.05, 3.63) is 53.3 Å². The Morgan fingerprint density at radius 2 is 1.90 bits per heavy atom. The fraction of sp³-hybridized carbons (Fsp3) is 0.133. The second-order valence-corrected chi connectivity index (χ2v) is 4.30. The Morgan fingerprint density at radius 1 is 1.19 bits per heavy atom. The highest BCUT2D eigenvalue weighted by Gasteiger charge is 2.12. The van der Waals surface area contributed by atoms with Crippen LogP contribution in [0.3, 0.4) is 0 Å². The van der Waals surface area contributed by atoms with Crippen LogP contribution in [-0.4, -0.2) is 18.1 Å². The minimum Gasteiger partial charge on any atom is -0.493 e. The predicted molar refractivity (Wildman–Crippen MR) is 76.4 cm³/mol. The number of nitrogens with two attached hydrogens (primary N) is 1. The molecule has 0 bridgehead atoms. The Bertz CT molecular complexity index is 674. The van der Waals surface area contributed by atoms with Crippen LogP contribution in [0.15, 0.2) is 36.4 Å². The monoisotopic (exact) mass is 290 g/mol. The van der Waals surface area contributed by atoms with Crippen molar-refractivity contribution in [2.75, 3.05) is 7.11 Å². The van der Waals surface area contributed by atoms with E-state index in [4.69, 9.17) is 25.7 Å². The first kappa shape index (κ1) is 14.8. The van der Waals surface area contributed by atoms with E-state index >= 15 is 0 Å². The molecule has 0 radical (unpaired) electrons. The van der Waals surface area contributed by atoms with Crippen LogP contribution in [0.25, 0.3) is 0 Å². The first-order chi connectivity index (χ1) is 10.0. The lowest BCUT2D eigenvalue weighted by atomic mass is 10.1. The second kappa shape index (κ2) is 6.23. The molecule has 5 nitrogen and oxygen atoms in total. The molecular formula is C15H15FN2O3. The standard InChI is InChI=1S/C15H15FN2O3/c1-20-14-6-9(8-19)2-4-13(14)21-12-5-3-10(16)7-11(12)15(17)18/h2-7,19H,8H2,1H3,(H3,17,18). The normalized spacial score (nSPS) is 10.2. The number of nitrogens with one attached hydrogen (secondary N) is 1. The van der Waals surface area contributed by atoms with Gasteiger partial charge >= 0.3 is 0 Å². The SMILES string of the molecule is COc1cc(CO)ccc1Oc1ccc(F)cc1C(=N)N. The lowest BCUT2D eigenvalue weighted by Crippen LogP contribution is -2.12. The molecule has 0 unspecified atom stereocenters. The third-order valence-corrected chi connectivity index (χ3v) is 2.86. The lowest BCUT2D eigenvalue weighted by Gasteiger charge is -2.14. The molecule has 0 spiro atoms. The highest BCUT2D eigenvalue weighted by molar-refractivity contribution is 5.97. The van der Waals surface area contributed by atoms with E-state index in [0.29, 0.717) is 17.1 Å². The number of nitrogen functional groups attached to an aromatic ring is 1. The van der Waals surface area contributed by atoms with Crippen LogP contribution in [0.2, 0.25) is 0 Å². The first-order valence-corrected chi connectivity index (χ1v) is 6.14. The number of methoxy groups -OCH3 is 1. The van der Waals surface area contributed by atoms with E-state index in [2.05, 4.69) is 0 Å². The van der Waals surface area contributed by atoms with Gasteiger partial charge in [0.2, 0.25) is 0 Å². The van der Waals surface area contributed by atoms with E-state index in [-0.39, 0.29) is 23.8 Å². The summed E-state index contributed by atoms with van der Waals surface area (Å²) < 4.78 is 24.1. The molecule has 0 aliphatic carbocycles. The number of halogens is 1. The fourth-order valence-electron chi connectivity index (χ4n) is 1.81. The van der Waals surface area contributed by atoms with E-state index in [9.17, 15) is 4.39 Å². The summed E-state index contributed by atoms with van der Waals surface area (Å²) in [6.07, 6.45) is 0. The van der Waals surface area contributed by atoms with Gasteiger partial charge in [0.15, 0.2) is 11.5 Å². The molecule has 0 heterocycles. The molecule has 6 heteroatoms. The molecule has 0 atom stereocenters. The van der Waals surface area contributed by atoms with Crippen LogP contribution in [0.5, 0.6) is 17.2 Å². The maximum atomic E-state index is 13.2. The van der Waals surface area contributed by atoms with Gasteiger partial charge in [0.05, 0.1) is 19.3 Å². The molecule has 0 saturated heterocycles. The Balaban J connectivity index is 2.40. The van der Waals surface area contributed by atoms with Gasteiger partial charge in [-0.15, -0.1) is 0 Å². The number of aliphatic hydroxyl groups excluding tert-OH is 1. The lowest BCUT2D eigenvalue weighted by molar-refractivity contribution is 0.280. The van der Waals surface area contributed by atoms with Crippen LogP contribution >= 0.6 is 0 Å². The van der Waals surface area contributed by atoms with Crippen molar-refractivity contribution in [2.45, 2.75) is 6.61 Å². The van der Waals surface area contributed by atoms with Crippen LogP contribution < -0.4 is 15.2 Å². The maximum absolute atomic E-state index is 13.2. The number of benzene rings is 2. The van der Waals surface area contributed by atoms with Crippen molar-refractivity contribution in [2.24, 2.45) is 5.73 Å². The number of rotatable bonds is 5. The molecule has 0 aliphatic rings. The van der Waals surface area contributed by atoms with E-state index in [0.717, 1.165) is 6.07 Å². The molecule has 0 fully saturated rings. The summed E-state index contributed by atoms with van der Waals surface area (Å²) in [4.78, 5) is 0. The Hall–Kier alpha value is -2.60. The van der Waals surface area contributed by atoms with Gasteiger partial charge in [-0.05, 0) is 35.9 Å². The van der Waals surface area contributed by atoms with Crippen LogP contribution in [0.4, 0.5) is 4.39 Å². The van der Waals surface area contributed by atoms with Gasteiger partial charge < -0.3 is 20.3 Å². The zero-order valence-electron chi connectivity index (χ0n) is 11.4. The Labute approximate surface area is 121 Å². The van der Waals surface area contributed by atoms with Gasteiger partial charge in [0.1, 0.15) is 17.4 Å². The molecule has 2 aromatic carbocycles. The number of hydrogen-bond donors (Lipinski definition) is 3. The van der Waals surface area contributed by atoms with Gasteiger partial charge in [-0.1, -0.05) is 6.07 Å². The van der Waals surface area contributed by atoms with E-state index in [1.165, 1.54) is 19.2 Å². The Kier molecular flexibility index (Phi) is 4.39. The molecule has 4 N–H and O–H groups in total. The van der Waals surface area contributed by atoms with Gasteiger partial charge in [0.25, 0.3) is 0 Å². The minimum atomic E-state index is -0.504. The summed E-state index contributed by atoms with van der Waals surface area (Å²) in [6, 6.07) is 8.67. The quantitative estimate of drug-likeness (QED) is 0.583. The molecule has 0 amide bonds. The van der Waals surface area contributed by atoms with Gasteiger partial charge in [-0.2, -0.15) is 0 Å². The zero-order valence-corrected chi connectivity index (χ0v) is 11.4. The number of hydrogen-bond acceptors (Lipinski definition) is 4. The molecule has 0 aliphatic heterocycles. The van der Waals surface area contributed by atoms with Crippen molar-refractivity contribution in [3.63, 3.8) is 0 Å². The van der Waals surface area contributed by atoms with Gasteiger partial charge in [-0.25, -0.2) is 4.39 Å². The van der Waals surface area contributed by atoms with Crippen molar-refractivity contribution < 1.29 is 19.0 Å². The topological polar surface area (TPSA) is 88.6 Å². The first-order valence-electron chi connectivity index (χ1n) is 6.14. The smallest absolute Gasteiger partial charge is 0.169 e. The van der Waals surface area contributed by atoms with E-state index < -0.39 is 5.82 Å². The van der Waals surface area contributed by atoms with Crippen LogP contribution in [0.1, 0.15) is 11.1 Å². The third-order valence-electron chi connectivity index (χ3n) is 2.86. The summed E-state index contributed by atoms with van der Waals surface area (Å²) in [6.45, 7) is -0.119. The molecule has 0 aromatic heterocycles. The van der Waals surface area contributed by atoms with E-state index in [1.807, 2.05) is 0 Å². The largest absolute Gasteiger partial charge is 0.493 e. The zero-order chi connectivity index (χ0) is 15.4. The summed E-state index contributed by atoms with van der Waals surface area (Å²) in [5.41, 5.74) is 6.25. The molecule has 110 valence electrons. The fourth-order valence-corrected chi connectivity index (χ4v) is 1.81. The molecule has 2 rings (SSSR count). The summed E-state index contributed by atoms with van der Waals surface area (Å²) in [7, 11) is 1.47. The van der Waals surface area contributed by atoms with Gasteiger partial charge in [0, 0.05) is 0 Å². The molecule has 0 saturated carbocycles. The summed E-state index contributed by atoms with van der Waals surface area (Å²) in [5, 5.41) is 16.6. The van der Waals surface area contributed by atoms with E-state index in [1.54, 1.807) is 18.2 Å². The highest BCUT2D eigenvalue weighted by atomic mass is 19.1. The summed E-state index contributed by atoms with van der Waals surface area (Å²) in [5.74, 6) is 0.244. The van der Waals surface area contributed by atoms with Crippen molar-refractivity contribution in [3.8, 4) is 17.2 Å². The third kappa shape index (κ3) is 3.29. The number of ether oxygens (including phenoxy) is 2. The molecule has 2 aromatic rings.